The zero-order chi connectivity index (χ0) is 16.7. The van der Waals surface area contributed by atoms with Gasteiger partial charge in [0.1, 0.15) is 0 Å². The minimum atomic E-state index is -3.52. The number of nitrogens with zero attached hydrogens (tertiary/aromatic N) is 2. The number of piperazine rings is 1. The molecule has 1 heterocycles. The van der Waals surface area contributed by atoms with E-state index in [2.05, 4.69) is 4.90 Å². The van der Waals surface area contributed by atoms with Crippen LogP contribution in [0.15, 0.2) is 28.0 Å². The normalized spacial score (nSPS) is 21.1. The van der Waals surface area contributed by atoms with E-state index >= 15 is 0 Å². The van der Waals surface area contributed by atoms with Gasteiger partial charge in [-0.05, 0) is 32.2 Å². The molecular weight excluding hydrogens is 324 g/mol. The molecule has 0 saturated carbocycles. The van der Waals surface area contributed by atoms with Crippen LogP contribution in [0.4, 0.5) is 5.69 Å². The highest BCUT2D eigenvalue weighted by Gasteiger charge is 2.27. The third-order valence-electron chi connectivity index (χ3n) is 3.90. The molecule has 0 unspecified atom stereocenters. The van der Waals surface area contributed by atoms with Crippen molar-refractivity contribution in [3.63, 3.8) is 0 Å². The van der Waals surface area contributed by atoms with Crippen LogP contribution in [0, 0.1) is 0 Å². The summed E-state index contributed by atoms with van der Waals surface area (Å²) in [7, 11) is -4.94. The van der Waals surface area contributed by atoms with Crippen LogP contribution in [0.5, 0.6) is 0 Å². The molecule has 1 aliphatic rings. The lowest BCUT2D eigenvalue weighted by Gasteiger charge is -2.40. The largest absolute Gasteiger partial charge is 0.365 e. The predicted molar refractivity (Wildman–Crippen MR) is 87.0 cm³/mol. The Morgan fingerprint density at radius 1 is 1.05 bits per heavy atom. The van der Waals surface area contributed by atoms with E-state index in [0.717, 1.165) is 25.6 Å². The lowest BCUT2D eigenvalue weighted by Crippen LogP contribution is -2.50. The number of rotatable bonds is 3. The predicted octanol–water partition coefficient (Wildman–Crippen LogP) is 0.634. The lowest BCUT2D eigenvalue weighted by atomic mass is 10.1. The molecule has 0 bridgehead atoms. The smallest absolute Gasteiger partial charge is 0.177 e. The summed E-state index contributed by atoms with van der Waals surface area (Å²) < 4.78 is 47.6. The summed E-state index contributed by atoms with van der Waals surface area (Å²) >= 11 is 0. The van der Waals surface area contributed by atoms with Crippen molar-refractivity contribution in [1.82, 2.24) is 4.90 Å². The molecule has 0 radical (unpaired) electrons. The second-order valence-electron chi connectivity index (χ2n) is 5.98. The van der Waals surface area contributed by atoms with E-state index < -0.39 is 19.7 Å². The number of sulfone groups is 2. The van der Waals surface area contributed by atoms with Crippen molar-refractivity contribution < 1.29 is 16.8 Å². The minimum Gasteiger partial charge on any atom is -0.365 e. The average molecular weight is 346 g/mol. The summed E-state index contributed by atoms with van der Waals surface area (Å²) in [5.41, 5.74) is 0.579. The highest BCUT2D eigenvalue weighted by Crippen LogP contribution is 2.30. The second kappa shape index (κ2) is 5.82. The van der Waals surface area contributed by atoms with Gasteiger partial charge in [-0.2, -0.15) is 0 Å². The van der Waals surface area contributed by atoms with E-state index in [9.17, 15) is 16.8 Å². The number of benzene rings is 1. The summed E-state index contributed by atoms with van der Waals surface area (Å²) in [5.74, 6) is 0. The van der Waals surface area contributed by atoms with Crippen molar-refractivity contribution in [2.75, 3.05) is 44.1 Å². The van der Waals surface area contributed by atoms with Gasteiger partial charge in [0.15, 0.2) is 19.7 Å². The first kappa shape index (κ1) is 17.2. The van der Waals surface area contributed by atoms with Crippen molar-refractivity contribution in [2.24, 2.45) is 0 Å². The van der Waals surface area contributed by atoms with Gasteiger partial charge in [-0.1, -0.05) is 0 Å². The average Bonchev–Trinajstić information content (AvgIpc) is 2.36. The highest BCUT2D eigenvalue weighted by molar-refractivity contribution is 7.91. The van der Waals surface area contributed by atoms with E-state index in [-0.39, 0.29) is 15.8 Å². The summed E-state index contributed by atoms with van der Waals surface area (Å²) in [4.78, 5) is 4.32. The summed E-state index contributed by atoms with van der Waals surface area (Å²) in [6.07, 6.45) is 2.19. The number of hydrogen-bond donors (Lipinski definition) is 0. The van der Waals surface area contributed by atoms with Crippen LogP contribution in [0.3, 0.4) is 0 Å². The Morgan fingerprint density at radius 2 is 1.68 bits per heavy atom. The van der Waals surface area contributed by atoms with Crippen molar-refractivity contribution in [2.45, 2.75) is 22.8 Å². The van der Waals surface area contributed by atoms with Gasteiger partial charge in [0.2, 0.25) is 0 Å². The Bertz CT molecular complexity index is 772. The van der Waals surface area contributed by atoms with E-state index in [1.807, 2.05) is 18.9 Å². The fourth-order valence-electron chi connectivity index (χ4n) is 2.76. The second-order valence-corrected chi connectivity index (χ2v) is 9.98. The Kier molecular flexibility index (Phi) is 4.56. The molecule has 1 saturated heterocycles. The third kappa shape index (κ3) is 3.61. The summed E-state index contributed by atoms with van der Waals surface area (Å²) in [6, 6.07) is 4.51. The molecule has 0 N–H and O–H groups in total. The van der Waals surface area contributed by atoms with Crippen LogP contribution >= 0.6 is 0 Å². The molecule has 0 aliphatic carbocycles. The van der Waals surface area contributed by atoms with E-state index in [0.29, 0.717) is 12.2 Å². The number of hydrogen-bond acceptors (Lipinski definition) is 6. The van der Waals surface area contributed by atoms with Crippen LogP contribution in [-0.2, 0) is 19.7 Å². The van der Waals surface area contributed by atoms with Crippen LogP contribution in [0.1, 0.15) is 6.92 Å². The molecule has 2 rings (SSSR count). The van der Waals surface area contributed by atoms with Gasteiger partial charge in [0, 0.05) is 38.2 Å². The molecule has 8 heteroatoms. The van der Waals surface area contributed by atoms with Gasteiger partial charge in [-0.3, -0.25) is 0 Å². The Balaban J connectivity index is 2.57. The van der Waals surface area contributed by atoms with Crippen molar-refractivity contribution in [1.29, 1.82) is 0 Å². The molecule has 0 spiro atoms. The molecule has 0 amide bonds. The maximum absolute atomic E-state index is 12.1. The fourth-order valence-corrected chi connectivity index (χ4v) is 4.38. The highest BCUT2D eigenvalue weighted by atomic mass is 32.2. The zero-order valence-electron chi connectivity index (χ0n) is 13.3. The topological polar surface area (TPSA) is 74.8 Å². The van der Waals surface area contributed by atoms with Gasteiger partial charge >= 0.3 is 0 Å². The third-order valence-corrected chi connectivity index (χ3v) is 6.14. The molecule has 1 aromatic carbocycles. The molecule has 6 nitrogen and oxygen atoms in total. The molecule has 1 aromatic rings. The van der Waals surface area contributed by atoms with Crippen LogP contribution < -0.4 is 4.90 Å². The first-order chi connectivity index (χ1) is 10.00. The van der Waals surface area contributed by atoms with Crippen molar-refractivity contribution in [3.8, 4) is 0 Å². The Morgan fingerprint density at radius 3 is 2.18 bits per heavy atom. The molecule has 1 atom stereocenters. The molecule has 0 aromatic heterocycles. The van der Waals surface area contributed by atoms with E-state index in [1.165, 1.54) is 12.1 Å². The zero-order valence-corrected chi connectivity index (χ0v) is 14.9. The van der Waals surface area contributed by atoms with Gasteiger partial charge < -0.3 is 9.80 Å². The van der Waals surface area contributed by atoms with Crippen LogP contribution in [0.2, 0.25) is 0 Å². The SMILES string of the molecule is C[C@H]1CN(C)CCN1c1ccc(S(C)(=O)=O)cc1S(C)(=O)=O. The monoisotopic (exact) mass is 346 g/mol. The van der Waals surface area contributed by atoms with Gasteiger partial charge in [-0.15, -0.1) is 0 Å². The molecule has 1 fully saturated rings. The van der Waals surface area contributed by atoms with Crippen molar-refractivity contribution in [3.05, 3.63) is 18.2 Å². The fraction of sp³-hybridized carbons (Fsp3) is 0.571. The maximum atomic E-state index is 12.1. The van der Waals surface area contributed by atoms with Crippen LogP contribution in [0.25, 0.3) is 0 Å². The van der Waals surface area contributed by atoms with Gasteiger partial charge in [0.25, 0.3) is 0 Å². The standard InChI is InChI=1S/C14H22N2O4S2/c1-11-10-15(2)7-8-16(11)13-6-5-12(21(3,17)18)9-14(13)22(4,19)20/h5-6,9,11H,7-8,10H2,1-4H3/t11-/m0/s1. The molecular formula is C14H22N2O4S2. The Hall–Kier alpha value is -1.12. The molecule has 22 heavy (non-hydrogen) atoms. The summed E-state index contributed by atoms with van der Waals surface area (Å²) in [5, 5.41) is 0. The van der Waals surface area contributed by atoms with Gasteiger partial charge in [0.05, 0.1) is 15.5 Å². The lowest BCUT2D eigenvalue weighted by molar-refractivity contribution is 0.275. The maximum Gasteiger partial charge on any atom is 0.177 e. The first-order valence-corrected chi connectivity index (χ1v) is 10.8. The number of likely N-dealkylation sites (N-methyl/N-ethyl adjacent to an activating group) is 1. The molecule has 124 valence electrons. The van der Waals surface area contributed by atoms with Crippen LogP contribution in [-0.4, -0.2) is 67.0 Å². The Labute approximate surface area is 132 Å². The van der Waals surface area contributed by atoms with Crippen molar-refractivity contribution >= 4 is 25.4 Å². The minimum absolute atomic E-state index is 0.0263. The summed E-state index contributed by atoms with van der Waals surface area (Å²) in [6.45, 7) is 4.41. The molecule has 1 aliphatic heterocycles. The van der Waals surface area contributed by atoms with Gasteiger partial charge in [-0.25, -0.2) is 16.8 Å². The van der Waals surface area contributed by atoms with E-state index in [4.69, 9.17) is 0 Å². The van der Waals surface area contributed by atoms with E-state index in [1.54, 1.807) is 6.07 Å². The first-order valence-electron chi connectivity index (χ1n) is 6.99. The number of anilines is 1. The quantitative estimate of drug-likeness (QED) is 0.799.